The molecule has 11 rings (SSSR count). The van der Waals surface area contributed by atoms with Crippen LogP contribution >= 0.6 is 11.3 Å². The molecule has 0 spiro atoms. The number of fused-ring (bicyclic) bond motifs is 9. The van der Waals surface area contributed by atoms with Crippen molar-refractivity contribution >= 4 is 75.4 Å². The second-order valence-corrected chi connectivity index (χ2v) is 13.8. The molecule has 0 N–H and O–H groups in total. The Morgan fingerprint density at radius 1 is 0.353 bits per heavy atom. The summed E-state index contributed by atoms with van der Waals surface area (Å²) >= 11 is 1.78. The Hall–Kier alpha value is -6.63. The predicted octanol–water partition coefficient (Wildman–Crippen LogP) is 12.7. The van der Waals surface area contributed by atoms with E-state index < -0.39 is 0 Å². The van der Waals surface area contributed by atoms with Crippen molar-refractivity contribution in [2.75, 3.05) is 0 Å². The molecule has 7 aromatic carbocycles. The van der Waals surface area contributed by atoms with Crippen molar-refractivity contribution in [1.82, 2.24) is 15.0 Å². The van der Waals surface area contributed by atoms with Crippen LogP contribution in [0, 0.1) is 0 Å². The number of rotatable bonds is 4. The normalized spacial score (nSPS) is 11.9. The van der Waals surface area contributed by atoms with Crippen molar-refractivity contribution in [1.29, 1.82) is 0 Å². The minimum atomic E-state index is 0.628. The van der Waals surface area contributed by atoms with E-state index in [4.69, 9.17) is 23.8 Å². The number of hydrogen-bond donors (Lipinski definition) is 0. The average Bonchev–Trinajstić information content (AvgIpc) is 3.87. The second kappa shape index (κ2) is 10.9. The first kappa shape index (κ1) is 28.2. The molecular weight excluding hydrogens is 647 g/mol. The Kier molecular flexibility index (Phi) is 6.05. The van der Waals surface area contributed by atoms with E-state index in [9.17, 15) is 0 Å². The van der Waals surface area contributed by atoms with E-state index in [1.54, 1.807) is 11.3 Å². The highest BCUT2D eigenvalue weighted by Gasteiger charge is 2.18. The van der Waals surface area contributed by atoms with Gasteiger partial charge in [0.1, 0.15) is 22.3 Å². The van der Waals surface area contributed by atoms with Gasteiger partial charge in [-0.05, 0) is 53.6 Å². The lowest BCUT2D eigenvalue weighted by atomic mass is 10.00. The summed E-state index contributed by atoms with van der Waals surface area (Å²) in [4.78, 5) is 15.3. The van der Waals surface area contributed by atoms with Gasteiger partial charge in [0.25, 0.3) is 0 Å². The van der Waals surface area contributed by atoms with Gasteiger partial charge in [0.15, 0.2) is 17.5 Å². The van der Waals surface area contributed by atoms with E-state index in [2.05, 4.69) is 97.1 Å². The first-order chi connectivity index (χ1) is 25.2. The molecule has 238 valence electrons. The number of thiophene rings is 1. The highest BCUT2D eigenvalue weighted by atomic mass is 32.1. The van der Waals surface area contributed by atoms with Gasteiger partial charge in [0.05, 0.1) is 0 Å². The molecule has 4 heterocycles. The topological polar surface area (TPSA) is 65.0 Å². The number of aromatic nitrogens is 3. The van der Waals surface area contributed by atoms with E-state index in [0.29, 0.717) is 17.5 Å². The zero-order valence-corrected chi connectivity index (χ0v) is 27.8. The molecule has 0 atom stereocenters. The van der Waals surface area contributed by atoms with Crippen LogP contribution in [0.25, 0.3) is 109 Å². The maximum absolute atomic E-state index is 6.31. The van der Waals surface area contributed by atoms with Crippen LogP contribution in [0.1, 0.15) is 0 Å². The fourth-order valence-electron chi connectivity index (χ4n) is 7.28. The zero-order chi connectivity index (χ0) is 33.5. The summed E-state index contributed by atoms with van der Waals surface area (Å²) in [7, 11) is 0. The van der Waals surface area contributed by atoms with Gasteiger partial charge in [-0.1, -0.05) is 103 Å². The number of hydrogen-bond acceptors (Lipinski definition) is 6. The number of furan rings is 2. The Balaban J connectivity index is 1.06. The molecular formula is C45H25N3O2S. The lowest BCUT2D eigenvalue weighted by Gasteiger charge is -2.10. The van der Waals surface area contributed by atoms with Crippen molar-refractivity contribution in [2.24, 2.45) is 0 Å². The number of nitrogens with zero attached hydrogens (tertiary/aromatic N) is 3. The fourth-order valence-corrected chi connectivity index (χ4v) is 8.49. The summed E-state index contributed by atoms with van der Waals surface area (Å²) in [5.41, 5.74) is 8.35. The van der Waals surface area contributed by atoms with Crippen LogP contribution in [0.15, 0.2) is 160 Å². The molecule has 0 aliphatic carbocycles. The summed E-state index contributed by atoms with van der Waals surface area (Å²) in [6.07, 6.45) is 0. The van der Waals surface area contributed by atoms with E-state index in [1.807, 2.05) is 54.6 Å². The Morgan fingerprint density at radius 3 is 1.84 bits per heavy atom. The standard InChI is InChI=1S/C45H25N3O2S/c1-2-10-26(11-3-1)43-46-44(48-45(47-43)33-17-9-16-32-31-15-5-7-19-41(31)51-42(32)33)29-13-8-12-27(22-29)28-20-21-38-34(23-28)36-24-35-30-14-4-6-18-37(30)49-39(35)25-40(36)50-38/h1-25H. The SMILES string of the molecule is c1ccc(-c2nc(-c3cccc(-c4ccc5oc6cc7oc8ccccc8c7cc6c5c4)c3)nc(-c3cccc4c3sc3ccccc34)n2)cc1. The minimum absolute atomic E-state index is 0.628. The van der Waals surface area contributed by atoms with Crippen molar-refractivity contribution in [3.8, 4) is 45.3 Å². The van der Waals surface area contributed by atoms with Gasteiger partial charge in [0.2, 0.25) is 0 Å². The molecule has 0 bridgehead atoms. The molecule has 0 aliphatic rings. The first-order valence-electron chi connectivity index (χ1n) is 16.8. The molecule has 0 saturated heterocycles. The third-order valence-electron chi connectivity index (χ3n) is 9.74. The Labute approximate surface area is 295 Å². The van der Waals surface area contributed by atoms with Crippen molar-refractivity contribution in [2.45, 2.75) is 0 Å². The second-order valence-electron chi connectivity index (χ2n) is 12.8. The van der Waals surface area contributed by atoms with Gasteiger partial charge in [0, 0.05) is 64.5 Å². The third kappa shape index (κ3) is 4.50. The van der Waals surface area contributed by atoms with Crippen LogP contribution in [-0.2, 0) is 0 Å². The quantitative estimate of drug-likeness (QED) is 0.186. The molecule has 0 saturated carbocycles. The number of benzene rings is 7. The maximum atomic E-state index is 6.31. The summed E-state index contributed by atoms with van der Waals surface area (Å²) in [6.45, 7) is 0. The van der Waals surface area contributed by atoms with E-state index in [-0.39, 0.29) is 0 Å². The molecule has 0 fully saturated rings. The van der Waals surface area contributed by atoms with E-state index in [0.717, 1.165) is 71.7 Å². The average molecular weight is 672 g/mol. The van der Waals surface area contributed by atoms with Crippen LogP contribution in [0.4, 0.5) is 0 Å². The molecule has 5 nitrogen and oxygen atoms in total. The van der Waals surface area contributed by atoms with Crippen molar-refractivity contribution < 1.29 is 8.83 Å². The van der Waals surface area contributed by atoms with Crippen molar-refractivity contribution in [3.05, 3.63) is 152 Å². The van der Waals surface area contributed by atoms with Gasteiger partial charge in [-0.2, -0.15) is 0 Å². The molecule has 0 unspecified atom stereocenters. The minimum Gasteiger partial charge on any atom is -0.456 e. The monoisotopic (exact) mass is 671 g/mol. The number of para-hydroxylation sites is 1. The van der Waals surface area contributed by atoms with Crippen LogP contribution < -0.4 is 0 Å². The molecule has 11 aromatic rings. The first-order valence-corrected chi connectivity index (χ1v) is 17.7. The van der Waals surface area contributed by atoms with Gasteiger partial charge in [-0.15, -0.1) is 11.3 Å². The smallest absolute Gasteiger partial charge is 0.165 e. The van der Waals surface area contributed by atoms with E-state index >= 15 is 0 Å². The molecule has 51 heavy (non-hydrogen) atoms. The van der Waals surface area contributed by atoms with Gasteiger partial charge < -0.3 is 8.83 Å². The Morgan fingerprint density at radius 2 is 0.961 bits per heavy atom. The van der Waals surface area contributed by atoms with Crippen LogP contribution in [0.2, 0.25) is 0 Å². The third-order valence-corrected chi connectivity index (χ3v) is 11.0. The summed E-state index contributed by atoms with van der Waals surface area (Å²) in [5, 5.41) is 6.76. The molecule has 0 amide bonds. The van der Waals surface area contributed by atoms with Gasteiger partial charge in [-0.25, -0.2) is 15.0 Å². The molecule has 4 aromatic heterocycles. The highest BCUT2D eigenvalue weighted by Crippen LogP contribution is 2.41. The molecule has 0 radical (unpaired) electrons. The predicted molar refractivity (Wildman–Crippen MR) is 209 cm³/mol. The van der Waals surface area contributed by atoms with Gasteiger partial charge in [-0.3, -0.25) is 0 Å². The lowest BCUT2D eigenvalue weighted by molar-refractivity contribution is 0.656. The van der Waals surface area contributed by atoms with Crippen molar-refractivity contribution in [3.63, 3.8) is 0 Å². The molecule has 6 heteroatoms. The van der Waals surface area contributed by atoms with E-state index in [1.165, 1.54) is 20.2 Å². The highest BCUT2D eigenvalue weighted by molar-refractivity contribution is 7.26. The lowest BCUT2D eigenvalue weighted by Crippen LogP contribution is -2.00. The summed E-state index contributed by atoms with van der Waals surface area (Å²) in [5.74, 6) is 1.93. The van der Waals surface area contributed by atoms with Crippen LogP contribution in [0.5, 0.6) is 0 Å². The summed E-state index contributed by atoms with van der Waals surface area (Å²) in [6, 6.07) is 52.2. The molecule has 0 aliphatic heterocycles. The van der Waals surface area contributed by atoms with Gasteiger partial charge >= 0.3 is 0 Å². The van der Waals surface area contributed by atoms with Crippen LogP contribution in [-0.4, -0.2) is 15.0 Å². The fraction of sp³-hybridized carbons (Fsp3) is 0. The van der Waals surface area contributed by atoms with Crippen LogP contribution in [0.3, 0.4) is 0 Å². The summed E-state index contributed by atoms with van der Waals surface area (Å²) < 4.78 is 14.9. The zero-order valence-electron chi connectivity index (χ0n) is 27.0. The largest absolute Gasteiger partial charge is 0.456 e. The maximum Gasteiger partial charge on any atom is 0.165 e. The Bertz CT molecular complexity index is 3160.